The molecule has 0 atom stereocenters. The van der Waals surface area contributed by atoms with E-state index in [0.29, 0.717) is 16.5 Å². The molecule has 0 saturated carbocycles. The lowest BCUT2D eigenvalue weighted by Crippen LogP contribution is -2.14. The van der Waals surface area contributed by atoms with Gasteiger partial charge in [-0.3, -0.25) is 10.1 Å². The largest absolute Gasteiger partial charge is 0.445 e. The summed E-state index contributed by atoms with van der Waals surface area (Å²) in [5.74, 6) is -0.661. The summed E-state index contributed by atoms with van der Waals surface area (Å²) < 4.78 is 38.9. The molecule has 0 fully saturated rings. The van der Waals surface area contributed by atoms with Gasteiger partial charge in [0.2, 0.25) is 16.0 Å². The number of amides is 1. The van der Waals surface area contributed by atoms with Gasteiger partial charge in [0.1, 0.15) is 5.82 Å². The molecule has 1 aromatic carbocycles. The Morgan fingerprint density at radius 1 is 1.28 bits per heavy atom. The van der Waals surface area contributed by atoms with Crippen LogP contribution in [0.4, 0.5) is 18.3 Å². The Morgan fingerprint density at radius 3 is 2.64 bits per heavy atom. The molecule has 0 spiro atoms. The molecule has 0 aliphatic carbocycles. The summed E-state index contributed by atoms with van der Waals surface area (Å²) in [5, 5.41) is 11.4. The predicted molar refractivity (Wildman–Crippen MR) is 84.0 cm³/mol. The standard InChI is InChI=1S/C13H8ClF3N6OS/c1-6-18-9(22-23(6)8-5-3-2-4-7(8)14)10(24)19-12-21-20-11(25-12)13(15,16)17/h2-5H,1H3,(H,19,21,24). The molecule has 3 rings (SSSR count). The molecule has 0 radical (unpaired) electrons. The van der Waals surface area contributed by atoms with E-state index in [1.165, 1.54) is 4.68 Å². The number of nitrogens with zero attached hydrogens (tertiary/aromatic N) is 5. The van der Waals surface area contributed by atoms with E-state index in [4.69, 9.17) is 11.6 Å². The number of rotatable bonds is 3. The molecule has 1 amide bonds. The maximum absolute atomic E-state index is 12.5. The molecule has 2 aromatic heterocycles. The Morgan fingerprint density at radius 2 is 2.00 bits per heavy atom. The highest BCUT2D eigenvalue weighted by molar-refractivity contribution is 7.15. The molecule has 1 N–H and O–H groups in total. The van der Waals surface area contributed by atoms with Crippen molar-refractivity contribution in [3.63, 3.8) is 0 Å². The van der Waals surface area contributed by atoms with E-state index >= 15 is 0 Å². The fourth-order valence-electron chi connectivity index (χ4n) is 1.88. The third-order valence-corrected chi connectivity index (χ3v) is 4.14. The molecule has 0 unspecified atom stereocenters. The number of carbonyl (C=O) groups excluding carboxylic acids is 1. The van der Waals surface area contributed by atoms with Crippen LogP contribution in [0.15, 0.2) is 24.3 Å². The summed E-state index contributed by atoms with van der Waals surface area (Å²) in [7, 11) is 0. The van der Waals surface area contributed by atoms with Crippen LogP contribution < -0.4 is 5.32 Å². The van der Waals surface area contributed by atoms with E-state index < -0.39 is 17.1 Å². The number of benzene rings is 1. The van der Waals surface area contributed by atoms with E-state index in [9.17, 15) is 18.0 Å². The molecule has 0 aliphatic heterocycles. The zero-order chi connectivity index (χ0) is 18.2. The number of para-hydroxylation sites is 1. The van der Waals surface area contributed by atoms with Crippen molar-refractivity contribution in [2.45, 2.75) is 13.1 Å². The van der Waals surface area contributed by atoms with E-state index in [0.717, 1.165) is 0 Å². The number of alkyl halides is 3. The Balaban J connectivity index is 1.83. The van der Waals surface area contributed by atoms with Crippen LogP contribution in [0.5, 0.6) is 0 Å². The number of hydrogen-bond donors (Lipinski definition) is 1. The summed E-state index contributed by atoms with van der Waals surface area (Å²) in [4.78, 5) is 16.1. The molecule has 7 nitrogen and oxygen atoms in total. The van der Waals surface area contributed by atoms with Gasteiger partial charge in [0.15, 0.2) is 0 Å². The van der Waals surface area contributed by atoms with E-state index in [-0.39, 0.29) is 22.3 Å². The lowest BCUT2D eigenvalue weighted by molar-refractivity contribution is -0.138. The van der Waals surface area contributed by atoms with Gasteiger partial charge in [0.05, 0.1) is 10.7 Å². The summed E-state index contributed by atoms with van der Waals surface area (Å²) in [6, 6.07) is 6.81. The molecule has 0 saturated heterocycles. The second-order valence-corrected chi connectivity index (χ2v) is 6.09. The lowest BCUT2D eigenvalue weighted by Gasteiger charge is -2.04. The number of nitrogens with one attached hydrogen (secondary N) is 1. The highest BCUT2D eigenvalue weighted by Gasteiger charge is 2.36. The van der Waals surface area contributed by atoms with Gasteiger partial charge in [-0.05, 0) is 19.1 Å². The smallest absolute Gasteiger partial charge is 0.294 e. The van der Waals surface area contributed by atoms with Crippen molar-refractivity contribution in [3.8, 4) is 5.69 Å². The molecule has 3 aromatic rings. The minimum absolute atomic E-state index is 0.210. The van der Waals surface area contributed by atoms with Crippen molar-refractivity contribution in [3.05, 3.63) is 45.9 Å². The first-order valence-corrected chi connectivity index (χ1v) is 7.86. The second-order valence-electron chi connectivity index (χ2n) is 4.71. The first-order valence-electron chi connectivity index (χ1n) is 6.66. The summed E-state index contributed by atoms with van der Waals surface area (Å²) in [6.45, 7) is 1.61. The Hall–Kier alpha value is -2.53. The Kier molecular flexibility index (Phi) is 4.43. The number of anilines is 1. The van der Waals surface area contributed by atoms with Crippen molar-refractivity contribution in [1.82, 2.24) is 25.0 Å². The topological polar surface area (TPSA) is 85.6 Å². The van der Waals surface area contributed by atoms with Crippen LogP contribution in [0.25, 0.3) is 5.69 Å². The van der Waals surface area contributed by atoms with Gasteiger partial charge in [-0.2, -0.15) is 13.2 Å². The van der Waals surface area contributed by atoms with E-state index in [1.54, 1.807) is 31.2 Å². The van der Waals surface area contributed by atoms with Crippen molar-refractivity contribution in [2.24, 2.45) is 0 Å². The van der Waals surface area contributed by atoms with Gasteiger partial charge in [-0.25, -0.2) is 9.67 Å². The average molecular weight is 389 g/mol. The van der Waals surface area contributed by atoms with Crippen LogP contribution in [-0.2, 0) is 6.18 Å². The van der Waals surface area contributed by atoms with Crippen LogP contribution in [0, 0.1) is 6.92 Å². The fourth-order valence-corrected chi connectivity index (χ4v) is 2.70. The van der Waals surface area contributed by atoms with Crippen LogP contribution in [-0.4, -0.2) is 30.9 Å². The third kappa shape index (κ3) is 3.61. The molecule has 2 heterocycles. The molecule has 12 heteroatoms. The van der Waals surface area contributed by atoms with Gasteiger partial charge in [-0.15, -0.1) is 15.3 Å². The Bertz CT molecular complexity index is 938. The van der Waals surface area contributed by atoms with Crippen LogP contribution in [0.3, 0.4) is 0 Å². The highest BCUT2D eigenvalue weighted by atomic mass is 35.5. The SMILES string of the molecule is Cc1nc(C(=O)Nc2nnc(C(F)(F)F)s2)nn1-c1ccccc1Cl. The normalized spacial score (nSPS) is 11.6. The number of halogens is 4. The van der Waals surface area contributed by atoms with Crippen LogP contribution in [0.2, 0.25) is 5.02 Å². The van der Waals surface area contributed by atoms with Crippen molar-refractivity contribution < 1.29 is 18.0 Å². The van der Waals surface area contributed by atoms with Gasteiger partial charge in [0.25, 0.3) is 5.91 Å². The number of aromatic nitrogens is 5. The zero-order valence-corrected chi connectivity index (χ0v) is 13.9. The maximum Gasteiger partial charge on any atom is 0.445 e. The minimum atomic E-state index is -4.62. The van der Waals surface area contributed by atoms with Crippen LogP contribution in [0.1, 0.15) is 21.5 Å². The first kappa shape index (κ1) is 17.3. The first-order chi connectivity index (χ1) is 11.8. The highest BCUT2D eigenvalue weighted by Crippen LogP contribution is 2.33. The fraction of sp³-hybridized carbons (Fsp3) is 0.154. The number of aryl methyl sites for hydroxylation is 1. The molecular weight excluding hydrogens is 381 g/mol. The quantitative estimate of drug-likeness (QED) is 0.743. The van der Waals surface area contributed by atoms with Gasteiger partial charge in [-0.1, -0.05) is 35.1 Å². The van der Waals surface area contributed by atoms with Gasteiger partial charge in [0, 0.05) is 0 Å². The van der Waals surface area contributed by atoms with Crippen molar-refractivity contribution in [2.75, 3.05) is 5.32 Å². The van der Waals surface area contributed by atoms with Crippen LogP contribution >= 0.6 is 22.9 Å². The second kappa shape index (κ2) is 6.41. The van der Waals surface area contributed by atoms with Gasteiger partial charge >= 0.3 is 6.18 Å². The Labute approximate surface area is 147 Å². The van der Waals surface area contributed by atoms with E-state index in [1.807, 2.05) is 0 Å². The van der Waals surface area contributed by atoms with Crippen molar-refractivity contribution in [1.29, 1.82) is 0 Å². The maximum atomic E-state index is 12.5. The predicted octanol–water partition coefficient (Wildman–Crippen LogP) is 3.35. The summed E-state index contributed by atoms with van der Waals surface area (Å²) >= 11 is 6.29. The summed E-state index contributed by atoms with van der Waals surface area (Å²) in [5.41, 5.74) is 0.517. The molecule has 25 heavy (non-hydrogen) atoms. The molecular formula is C13H8ClF3N6OS. The number of hydrogen-bond acceptors (Lipinski definition) is 6. The average Bonchev–Trinajstić information content (AvgIpc) is 3.14. The van der Waals surface area contributed by atoms with Crippen molar-refractivity contribution >= 4 is 34.0 Å². The van der Waals surface area contributed by atoms with Gasteiger partial charge < -0.3 is 0 Å². The summed E-state index contributed by atoms with van der Waals surface area (Å²) in [6.07, 6.45) is -4.62. The number of carbonyl (C=O) groups is 1. The monoisotopic (exact) mass is 388 g/mol. The third-order valence-electron chi connectivity index (χ3n) is 2.94. The molecule has 130 valence electrons. The van der Waals surface area contributed by atoms with E-state index in [2.05, 4.69) is 25.6 Å². The molecule has 0 bridgehead atoms. The molecule has 0 aliphatic rings. The lowest BCUT2D eigenvalue weighted by atomic mass is 10.3. The zero-order valence-electron chi connectivity index (χ0n) is 12.4. The minimum Gasteiger partial charge on any atom is -0.294 e.